The summed E-state index contributed by atoms with van der Waals surface area (Å²) in [7, 11) is 0. The van der Waals surface area contributed by atoms with Gasteiger partial charge in [-0.05, 0) is 22.9 Å². The molecule has 1 N–H and O–H groups in total. The van der Waals surface area contributed by atoms with Gasteiger partial charge in [0.25, 0.3) is 5.56 Å². The van der Waals surface area contributed by atoms with E-state index in [0.29, 0.717) is 10.2 Å². The Balaban J connectivity index is 1.47. The first-order valence-corrected chi connectivity index (χ1v) is 10.7. The Kier molecular flexibility index (Phi) is 4.46. The molecule has 0 fully saturated rings. The van der Waals surface area contributed by atoms with Crippen LogP contribution in [0.4, 0.5) is 5.69 Å². The highest BCUT2D eigenvalue weighted by Gasteiger charge is 2.15. The summed E-state index contributed by atoms with van der Waals surface area (Å²) < 4.78 is 1.37. The maximum atomic E-state index is 13.1. The fraction of sp³-hybridized carbons (Fsp3) is 0.0455. The Hall–Kier alpha value is -3.29. The van der Waals surface area contributed by atoms with Gasteiger partial charge in [-0.25, -0.2) is 4.98 Å². The fourth-order valence-electron chi connectivity index (χ4n) is 3.37. The van der Waals surface area contributed by atoms with Crippen LogP contribution in [0.5, 0.6) is 0 Å². The molecule has 3 aromatic heterocycles. The van der Waals surface area contributed by atoms with E-state index in [-0.39, 0.29) is 18.0 Å². The van der Waals surface area contributed by atoms with Gasteiger partial charge in [-0.3, -0.25) is 14.2 Å². The maximum absolute atomic E-state index is 13.1. The number of anilines is 1. The second kappa shape index (κ2) is 7.27. The largest absolute Gasteiger partial charge is 0.324 e. The highest BCUT2D eigenvalue weighted by atomic mass is 32.1. The lowest BCUT2D eigenvalue weighted by Crippen LogP contribution is -2.27. The number of aromatic nitrogens is 2. The molecule has 0 unspecified atom stereocenters. The van der Waals surface area contributed by atoms with Crippen LogP contribution in [0.2, 0.25) is 0 Å². The third-order valence-electron chi connectivity index (χ3n) is 4.73. The molecule has 7 heteroatoms. The zero-order chi connectivity index (χ0) is 19.8. The number of nitrogens with zero attached hydrogens (tertiary/aromatic N) is 2. The molecule has 29 heavy (non-hydrogen) atoms. The van der Waals surface area contributed by atoms with Crippen LogP contribution in [-0.2, 0) is 11.3 Å². The van der Waals surface area contributed by atoms with Crippen LogP contribution in [0.15, 0.2) is 76.5 Å². The smallest absolute Gasteiger partial charge is 0.263 e. The Morgan fingerprint density at radius 2 is 1.90 bits per heavy atom. The summed E-state index contributed by atoms with van der Waals surface area (Å²) in [5, 5.41) is 9.42. The van der Waals surface area contributed by atoms with Crippen LogP contribution in [0.3, 0.4) is 0 Å². The van der Waals surface area contributed by atoms with Crippen LogP contribution in [0.1, 0.15) is 0 Å². The maximum Gasteiger partial charge on any atom is 0.263 e. The topological polar surface area (TPSA) is 64.0 Å². The van der Waals surface area contributed by atoms with E-state index in [4.69, 9.17) is 0 Å². The summed E-state index contributed by atoms with van der Waals surface area (Å²) in [6, 6.07) is 17.5. The third kappa shape index (κ3) is 3.24. The van der Waals surface area contributed by atoms with E-state index in [1.165, 1.54) is 22.2 Å². The number of benzene rings is 2. The molecule has 0 saturated heterocycles. The minimum absolute atomic E-state index is 0.0925. The Morgan fingerprint density at radius 1 is 1.03 bits per heavy atom. The predicted molar refractivity (Wildman–Crippen MR) is 120 cm³/mol. The molecule has 5 rings (SSSR count). The van der Waals surface area contributed by atoms with Crippen LogP contribution < -0.4 is 10.9 Å². The molecule has 0 aliphatic carbocycles. The molecule has 0 aliphatic heterocycles. The molecule has 0 bridgehead atoms. The molecule has 3 heterocycles. The second-order valence-electron chi connectivity index (χ2n) is 6.56. The van der Waals surface area contributed by atoms with E-state index in [9.17, 15) is 9.59 Å². The number of hydrogen-bond donors (Lipinski definition) is 1. The van der Waals surface area contributed by atoms with E-state index in [2.05, 4.69) is 10.3 Å². The lowest BCUT2D eigenvalue weighted by Gasteiger charge is -2.10. The first kappa shape index (κ1) is 17.8. The van der Waals surface area contributed by atoms with Gasteiger partial charge < -0.3 is 5.32 Å². The second-order valence-corrected chi connectivity index (χ2v) is 8.37. The number of carbonyl (C=O) groups is 1. The average Bonchev–Trinajstić information content (AvgIpc) is 3.40. The van der Waals surface area contributed by atoms with Crippen LogP contribution in [0, 0.1) is 0 Å². The Morgan fingerprint density at radius 3 is 2.76 bits per heavy atom. The number of thiophene rings is 2. The van der Waals surface area contributed by atoms with E-state index >= 15 is 0 Å². The van der Waals surface area contributed by atoms with Gasteiger partial charge in [0.15, 0.2) is 0 Å². The van der Waals surface area contributed by atoms with Crippen molar-refractivity contribution in [2.24, 2.45) is 0 Å². The minimum Gasteiger partial charge on any atom is -0.324 e. The number of amides is 1. The standard InChI is InChI=1S/C22H15N3O2S2/c26-19(24-17-8-3-6-14-5-1-2-7-15(14)17)11-25-13-23-21-20(22(25)27)16(12-29-21)18-9-4-10-28-18/h1-10,12-13H,11H2,(H,24,26). The van der Waals surface area contributed by atoms with Gasteiger partial charge in [-0.15, -0.1) is 22.7 Å². The summed E-state index contributed by atoms with van der Waals surface area (Å²) in [5.74, 6) is -0.266. The van der Waals surface area contributed by atoms with Crippen molar-refractivity contribution in [2.75, 3.05) is 5.32 Å². The lowest BCUT2D eigenvalue weighted by molar-refractivity contribution is -0.116. The number of fused-ring (bicyclic) bond motifs is 2. The van der Waals surface area contributed by atoms with Gasteiger partial charge in [0.1, 0.15) is 11.4 Å². The van der Waals surface area contributed by atoms with E-state index in [1.807, 2.05) is 65.4 Å². The van der Waals surface area contributed by atoms with Crippen molar-refractivity contribution in [1.29, 1.82) is 0 Å². The minimum atomic E-state index is -0.266. The molecule has 1 amide bonds. The van der Waals surface area contributed by atoms with E-state index < -0.39 is 0 Å². The quantitative estimate of drug-likeness (QED) is 0.449. The van der Waals surface area contributed by atoms with Gasteiger partial charge in [0, 0.05) is 26.9 Å². The summed E-state index contributed by atoms with van der Waals surface area (Å²) >= 11 is 3.02. The molecule has 0 saturated carbocycles. The molecule has 0 aliphatic rings. The molecule has 5 aromatic rings. The fourth-order valence-corrected chi connectivity index (χ4v) is 5.09. The Bertz CT molecular complexity index is 1400. The van der Waals surface area contributed by atoms with Gasteiger partial charge >= 0.3 is 0 Å². The van der Waals surface area contributed by atoms with Crippen molar-refractivity contribution in [3.05, 3.63) is 82.0 Å². The monoisotopic (exact) mass is 417 g/mol. The molecule has 2 aromatic carbocycles. The van der Waals surface area contributed by atoms with Crippen molar-refractivity contribution < 1.29 is 4.79 Å². The zero-order valence-electron chi connectivity index (χ0n) is 15.2. The van der Waals surface area contributed by atoms with Crippen LogP contribution in [0.25, 0.3) is 31.4 Å². The summed E-state index contributed by atoms with van der Waals surface area (Å²) in [6.07, 6.45) is 1.45. The molecular weight excluding hydrogens is 402 g/mol. The number of nitrogens with one attached hydrogen (secondary N) is 1. The van der Waals surface area contributed by atoms with E-state index in [0.717, 1.165) is 26.9 Å². The predicted octanol–water partition coefficient (Wildman–Crippen LogP) is 4.98. The molecular formula is C22H15N3O2S2. The van der Waals surface area contributed by atoms with Gasteiger partial charge in [-0.2, -0.15) is 0 Å². The Labute approximate surface area is 173 Å². The lowest BCUT2D eigenvalue weighted by atomic mass is 10.1. The van der Waals surface area contributed by atoms with Crippen molar-refractivity contribution in [3.63, 3.8) is 0 Å². The normalized spacial score (nSPS) is 11.2. The van der Waals surface area contributed by atoms with Crippen LogP contribution in [-0.4, -0.2) is 15.5 Å². The first-order valence-electron chi connectivity index (χ1n) is 8.99. The summed E-state index contributed by atoms with van der Waals surface area (Å²) in [6.45, 7) is -0.0925. The van der Waals surface area contributed by atoms with Crippen molar-refractivity contribution in [2.45, 2.75) is 6.54 Å². The summed E-state index contributed by atoms with van der Waals surface area (Å²) in [4.78, 5) is 31.8. The van der Waals surface area contributed by atoms with Crippen molar-refractivity contribution >= 4 is 55.3 Å². The van der Waals surface area contributed by atoms with Crippen molar-refractivity contribution in [3.8, 4) is 10.4 Å². The van der Waals surface area contributed by atoms with Crippen molar-refractivity contribution in [1.82, 2.24) is 9.55 Å². The third-order valence-corrected chi connectivity index (χ3v) is 6.51. The SMILES string of the molecule is O=C(Cn1cnc2scc(-c3cccs3)c2c1=O)Nc1cccc2ccccc12. The molecule has 142 valence electrons. The number of rotatable bonds is 4. The molecule has 0 atom stereocenters. The van der Waals surface area contributed by atoms with Gasteiger partial charge in [0.2, 0.25) is 5.91 Å². The number of hydrogen-bond acceptors (Lipinski definition) is 5. The summed E-state index contributed by atoms with van der Waals surface area (Å²) in [5.41, 5.74) is 1.40. The van der Waals surface area contributed by atoms with Gasteiger partial charge in [0.05, 0.1) is 11.7 Å². The van der Waals surface area contributed by atoms with Crippen LogP contribution >= 0.6 is 22.7 Å². The molecule has 5 nitrogen and oxygen atoms in total. The molecule has 0 spiro atoms. The van der Waals surface area contributed by atoms with E-state index in [1.54, 1.807) is 11.3 Å². The highest BCUT2D eigenvalue weighted by Crippen LogP contribution is 2.33. The zero-order valence-corrected chi connectivity index (χ0v) is 16.8. The number of carbonyl (C=O) groups excluding carboxylic acids is 1. The first-order chi connectivity index (χ1) is 14.2. The highest BCUT2D eigenvalue weighted by molar-refractivity contribution is 7.18. The average molecular weight is 418 g/mol. The molecule has 0 radical (unpaired) electrons. The van der Waals surface area contributed by atoms with Gasteiger partial charge in [-0.1, -0.05) is 42.5 Å².